The van der Waals surface area contributed by atoms with Crippen molar-refractivity contribution in [2.75, 3.05) is 37.6 Å². The van der Waals surface area contributed by atoms with Gasteiger partial charge in [-0.1, -0.05) is 6.92 Å². The molecule has 0 bridgehead atoms. The van der Waals surface area contributed by atoms with E-state index in [-0.39, 0.29) is 23.5 Å². The Morgan fingerprint density at radius 2 is 1.86 bits per heavy atom. The van der Waals surface area contributed by atoms with Crippen molar-refractivity contribution in [3.8, 4) is 0 Å². The zero-order valence-corrected chi connectivity index (χ0v) is 16.6. The fraction of sp³-hybridized carbons (Fsp3) is 0.600. The number of likely N-dealkylation sites (tertiary alicyclic amines) is 1. The molecule has 152 valence electrons. The van der Waals surface area contributed by atoms with Crippen molar-refractivity contribution in [3.05, 3.63) is 33.9 Å². The molecule has 8 nitrogen and oxygen atoms in total. The van der Waals surface area contributed by atoms with Crippen molar-refractivity contribution in [2.24, 2.45) is 0 Å². The number of benzene rings is 1. The number of anilines is 1. The highest BCUT2D eigenvalue weighted by molar-refractivity contribution is 5.96. The zero-order valence-electron chi connectivity index (χ0n) is 16.6. The largest absolute Gasteiger partial charge is 0.362 e. The smallest absolute Gasteiger partial charge is 0.293 e. The Morgan fingerprint density at radius 1 is 1.14 bits per heavy atom. The lowest BCUT2D eigenvalue weighted by Crippen LogP contribution is -2.48. The summed E-state index contributed by atoms with van der Waals surface area (Å²) in [6, 6.07) is 5.00. The van der Waals surface area contributed by atoms with Crippen LogP contribution in [0.1, 0.15) is 49.9 Å². The van der Waals surface area contributed by atoms with E-state index in [2.05, 4.69) is 6.92 Å². The average molecular weight is 388 g/mol. The monoisotopic (exact) mass is 388 g/mol. The number of carbonyl (C=O) groups is 2. The first-order valence-electron chi connectivity index (χ1n) is 10.0. The number of rotatable bonds is 4. The van der Waals surface area contributed by atoms with Gasteiger partial charge in [-0.3, -0.25) is 19.7 Å². The number of carbonyl (C=O) groups excluding carboxylic acids is 2. The van der Waals surface area contributed by atoms with Crippen molar-refractivity contribution in [2.45, 2.75) is 45.6 Å². The van der Waals surface area contributed by atoms with Crippen LogP contribution in [0.25, 0.3) is 0 Å². The Bertz CT molecular complexity index is 759. The first-order valence-corrected chi connectivity index (χ1v) is 10.0. The van der Waals surface area contributed by atoms with E-state index in [1.165, 1.54) is 13.0 Å². The molecule has 1 aromatic carbocycles. The minimum Gasteiger partial charge on any atom is -0.362 e. The fourth-order valence-corrected chi connectivity index (χ4v) is 4.19. The van der Waals surface area contributed by atoms with Gasteiger partial charge >= 0.3 is 0 Å². The third-order valence-electron chi connectivity index (χ3n) is 5.84. The summed E-state index contributed by atoms with van der Waals surface area (Å²) in [5.41, 5.74) is 0.834. The van der Waals surface area contributed by atoms with Crippen molar-refractivity contribution < 1.29 is 14.5 Å². The maximum atomic E-state index is 13.0. The van der Waals surface area contributed by atoms with Gasteiger partial charge in [0.25, 0.3) is 11.6 Å². The molecule has 28 heavy (non-hydrogen) atoms. The van der Waals surface area contributed by atoms with Gasteiger partial charge in [-0.25, -0.2) is 0 Å². The Kier molecular flexibility index (Phi) is 6.16. The van der Waals surface area contributed by atoms with Gasteiger partial charge in [0, 0.05) is 57.3 Å². The van der Waals surface area contributed by atoms with E-state index < -0.39 is 4.92 Å². The van der Waals surface area contributed by atoms with Crippen molar-refractivity contribution in [1.29, 1.82) is 0 Å². The van der Waals surface area contributed by atoms with Gasteiger partial charge in [0.15, 0.2) is 0 Å². The molecule has 3 rings (SSSR count). The molecule has 0 aliphatic carbocycles. The number of hydrogen-bond donors (Lipinski definition) is 0. The Morgan fingerprint density at radius 3 is 2.46 bits per heavy atom. The number of piperidine rings is 1. The number of nitrogens with zero attached hydrogens (tertiary/aromatic N) is 4. The lowest BCUT2D eigenvalue weighted by atomic mass is 9.98. The first-order chi connectivity index (χ1) is 13.4. The number of nitro benzene ring substituents is 1. The van der Waals surface area contributed by atoms with E-state index in [1.807, 2.05) is 9.80 Å². The summed E-state index contributed by atoms with van der Waals surface area (Å²) in [6.07, 6.45) is 3.98. The van der Waals surface area contributed by atoms with Gasteiger partial charge in [-0.05, 0) is 37.8 Å². The second-order valence-electron chi connectivity index (χ2n) is 7.51. The van der Waals surface area contributed by atoms with Crippen LogP contribution in [0.2, 0.25) is 0 Å². The first kappa shape index (κ1) is 20.1. The Hall–Kier alpha value is -2.64. The average Bonchev–Trinajstić information content (AvgIpc) is 2.72. The van der Waals surface area contributed by atoms with Crippen LogP contribution in [0, 0.1) is 10.1 Å². The second-order valence-corrected chi connectivity index (χ2v) is 7.51. The maximum absolute atomic E-state index is 13.0. The van der Waals surface area contributed by atoms with Crippen LogP contribution >= 0.6 is 0 Å². The van der Waals surface area contributed by atoms with E-state index >= 15 is 0 Å². The third kappa shape index (κ3) is 4.10. The minimum atomic E-state index is -0.420. The van der Waals surface area contributed by atoms with Crippen molar-refractivity contribution in [1.82, 2.24) is 9.80 Å². The summed E-state index contributed by atoms with van der Waals surface area (Å²) in [7, 11) is 0. The van der Waals surface area contributed by atoms with Gasteiger partial charge in [0.2, 0.25) is 5.91 Å². The van der Waals surface area contributed by atoms with E-state index in [4.69, 9.17) is 0 Å². The van der Waals surface area contributed by atoms with Crippen LogP contribution in [-0.4, -0.2) is 65.3 Å². The van der Waals surface area contributed by atoms with Gasteiger partial charge < -0.3 is 14.7 Å². The van der Waals surface area contributed by atoms with E-state index in [9.17, 15) is 19.7 Å². The van der Waals surface area contributed by atoms with Gasteiger partial charge in [-0.15, -0.1) is 0 Å². The van der Waals surface area contributed by atoms with E-state index in [0.717, 1.165) is 25.7 Å². The molecule has 2 heterocycles. The fourth-order valence-electron chi connectivity index (χ4n) is 4.19. The predicted molar refractivity (Wildman–Crippen MR) is 107 cm³/mol. The van der Waals surface area contributed by atoms with E-state index in [0.29, 0.717) is 44.0 Å². The molecule has 0 aromatic heterocycles. The lowest BCUT2D eigenvalue weighted by molar-refractivity contribution is -0.384. The van der Waals surface area contributed by atoms with Crippen molar-refractivity contribution in [3.63, 3.8) is 0 Å². The molecule has 0 radical (unpaired) electrons. The number of nitro groups is 1. The summed E-state index contributed by atoms with van der Waals surface area (Å²) >= 11 is 0. The molecule has 1 aromatic rings. The Balaban J connectivity index is 1.82. The van der Waals surface area contributed by atoms with Crippen LogP contribution in [0.15, 0.2) is 18.2 Å². The van der Waals surface area contributed by atoms with Crippen LogP contribution < -0.4 is 4.90 Å². The molecule has 0 saturated carbocycles. The molecule has 1 atom stereocenters. The SMILES string of the molecule is CCC1CCCCN1C(=O)c1ccc(N2CCN(C(C)=O)CC2)c([N+](=O)[O-])c1. The zero-order chi connectivity index (χ0) is 20.3. The molecule has 8 heteroatoms. The summed E-state index contributed by atoms with van der Waals surface area (Å²) in [5.74, 6) is -0.107. The summed E-state index contributed by atoms with van der Waals surface area (Å²) < 4.78 is 0. The molecule has 2 aliphatic heterocycles. The minimum absolute atomic E-state index is 0.0158. The van der Waals surface area contributed by atoms with Crippen LogP contribution in [0.3, 0.4) is 0 Å². The van der Waals surface area contributed by atoms with Gasteiger partial charge in [-0.2, -0.15) is 0 Å². The highest BCUT2D eigenvalue weighted by atomic mass is 16.6. The van der Waals surface area contributed by atoms with Gasteiger partial charge in [0.1, 0.15) is 5.69 Å². The molecule has 0 spiro atoms. The van der Waals surface area contributed by atoms with E-state index in [1.54, 1.807) is 17.0 Å². The standard InChI is InChI=1S/C20H28N4O4/c1-3-17-6-4-5-9-23(17)20(26)16-7-8-18(19(14-16)24(27)28)22-12-10-21(11-13-22)15(2)25/h7-8,14,17H,3-6,9-13H2,1-2H3. The normalized spacial score (nSPS) is 20.2. The molecule has 2 saturated heterocycles. The topological polar surface area (TPSA) is 87.0 Å². The van der Waals surface area contributed by atoms with Crippen LogP contribution in [0.4, 0.5) is 11.4 Å². The molecule has 0 N–H and O–H groups in total. The molecule has 1 unspecified atom stereocenters. The highest BCUT2D eigenvalue weighted by Gasteiger charge is 2.29. The Labute approximate surface area is 165 Å². The summed E-state index contributed by atoms with van der Waals surface area (Å²) in [5, 5.41) is 11.7. The number of amides is 2. The second kappa shape index (κ2) is 8.58. The quantitative estimate of drug-likeness (QED) is 0.585. The lowest BCUT2D eigenvalue weighted by Gasteiger charge is -2.36. The third-order valence-corrected chi connectivity index (χ3v) is 5.84. The summed E-state index contributed by atoms with van der Waals surface area (Å²) in [4.78, 5) is 41.3. The highest BCUT2D eigenvalue weighted by Crippen LogP contribution is 2.31. The predicted octanol–water partition coefficient (Wildman–Crippen LogP) is 2.67. The van der Waals surface area contributed by atoms with Crippen molar-refractivity contribution >= 4 is 23.2 Å². The summed E-state index contributed by atoms with van der Waals surface area (Å²) in [6.45, 7) is 6.47. The molecular formula is C20H28N4O4. The number of piperazine rings is 1. The van der Waals surface area contributed by atoms with Gasteiger partial charge in [0.05, 0.1) is 4.92 Å². The molecule has 2 aliphatic rings. The van der Waals surface area contributed by atoms with Crippen LogP contribution in [-0.2, 0) is 4.79 Å². The maximum Gasteiger partial charge on any atom is 0.293 e. The molecule has 2 fully saturated rings. The number of hydrogen-bond acceptors (Lipinski definition) is 5. The van der Waals surface area contributed by atoms with Crippen LogP contribution in [0.5, 0.6) is 0 Å². The molecular weight excluding hydrogens is 360 g/mol. The molecule has 2 amide bonds.